The smallest absolute Gasteiger partial charge is 0.337 e. The van der Waals surface area contributed by atoms with Crippen molar-refractivity contribution >= 4 is 28.9 Å². The summed E-state index contributed by atoms with van der Waals surface area (Å²) in [5, 5.41) is 1.14. The minimum absolute atomic E-state index is 0.00221. The van der Waals surface area contributed by atoms with Crippen molar-refractivity contribution in [1.29, 1.82) is 0 Å². The predicted molar refractivity (Wildman–Crippen MR) is 141 cm³/mol. The second kappa shape index (κ2) is 9.53. The molecule has 0 bridgehead atoms. The lowest BCUT2D eigenvalue weighted by Crippen LogP contribution is -2.48. The summed E-state index contributed by atoms with van der Waals surface area (Å²) in [5.41, 5.74) is 5.56. The summed E-state index contributed by atoms with van der Waals surface area (Å²) >= 11 is 0. The van der Waals surface area contributed by atoms with Crippen LogP contribution in [-0.4, -0.2) is 53.8 Å². The fraction of sp³-hybridized carbons (Fsp3) is 0.467. The van der Waals surface area contributed by atoms with Crippen LogP contribution in [0.5, 0.6) is 0 Å². The van der Waals surface area contributed by atoms with E-state index in [9.17, 15) is 9.59 Å². The molecule has 1 aromatic carbocycles. The molecule has 0 unspecified atom stereocenters. The van der Waals surface area contributed by atoms with Gasteiger partial charge >= 0.3 is 5.97 Å². The monoisotopic (exact) mass is 502 g/mol. The molecule has 4 heterocycles. The van der Waals surface area contributed by atoms with Gasteiger partial charge in [-0.05, 0) is 62.4 Å². The maximum absolute atomic E-state index is 13.9. The third kappa shape index (κ3) is 4.19. The molecule has 37 heavy (non-hydrogen) atoms. The summed E-state index contributed by atoms with van der Waals surface area (Å²) in [6.45, 7) is 5.54. The molecule has 7 heteroatoms. The van der Waals surface area contributed by atoms with Gasteiger partial charge < -0.3 is 23.4 Å². The van der Waals surface area contributed by atoms with Crippen molar-refractivity contribution in [2.24, 2.45) is 0 Å². The third-order valence-corrected chi connectivity index (χ3v) is 8.10. The van der Waals surface area contributed by atoms with Gasteiger partial charge in [-0.1, -0.05) is 25.3 Å². The van der Waals surface area contributed by atoms with Crippen molar-refractivity contribution in [3.63, 3.8) is 0 Å². The van der Waals surface area contributed by atoms with Crippen LogP contribution in [0.4, 0.5) is 0 Å². The number of carbonyl (C=O) groups is 2. The van der Waals surface area contributed by atoms with Gasteiger partial charge in [0.15, 0.2) is 0 Å². The molecule has 0 radical (unpaired) electrons. The number of morpholine rings is 1. The number of aromatic nitrogens is 1. The van der Waals surface area contributed by atoms with Gasteiger partial charge in [0.05, 0.1) is 43.4 Å². The maximum Gasteiger partial charge on any atom is 0.337 e. The lowest BCUT2D eigenvalue weighted by molar-refractivity contribution is -0.139. The molecule has 2 aliphatic heterocycles. The molecule has 2 atom stereocenters. The van der Waals surface area contributed by atoms with Crippen LogP contribution in [-0.2, 0) is 20.8 Å². The summed E-state index contributed by atoms with van der Waals surface area (Å²) in [5.74, 6) is 0.779. The number of amides is 1. The van der Waals surface area contributed by atoms with Crippen molar-refractivity contribution in [1.82, 2.24) is 9.47 Å². The SMILES string of the molecule is COC(=O)c1ccc2c(C3CCCCC3)c3n(c2c1)CC(C(=O)N1C[C@@H](C)O[C@@H](C)C1)=Cc1occc1-3. The number of hydrogen-bond acceptors (Lipinski definition) is 5. The Morgan fingerprint density at radius 1 is 1.03 bits per heavy atom. The van der Waals surface area contributed by atoms with Crippen LogP contribution < -0.4 is 0 Å². The van der Waals surface area contributed by atoms with E-state index in [1.807, 2.05) is 43.0 Å². The summed E-state index contributed by atoms with van der Waals surface area (Å²) in [4.78, 5) is 28.2. The zero-order valence-corrected chi connectivity index (χ0v) is 21.8. The number of esters is 1. The van der Waals surface area contributed by atoms with Gasteiger partial charge in [0.2, 0.25) is 0 Å². The Morgan fingerprint density at radius 3 is 2.51 bits per heavy atom. The van der Waals surface area contributed by atoms with Crippen LogP contribution in [0, 0.1) is 0 Å². The van der Waals surface area contributed by atoms with E-state index < -0.39 is 0 Å². The summed E-state index contributed by atoms with van der Waals surface area (Å²) in [6, 6.07) is 7.85. The highest BCUT2D eigenvalue weighted by Gasteiger charge is 2.33. The first kappa shape index (κ1) is 24.0. The number of rotatable bonds is 3. The number of carbonyl (C=O) groups excluding carboxylic acids is 2. The highest BCUT2D eigenvalue weighted by Crippen LogP contribution is 2.47. The molecule has 3 aromatic rings. The zero-order valence-electron chi connectivity index (χ0n) is 21.8. The number of furan rings is 1. The molecule has 194 valence electrons. The number of nitrogens with zero attached hydrogens (tertiary/aromatic N) is 2. The fourth-order valence-corrected chi connectivity index (χ4v) is 6.56. The molecule has 7 nitrogen and oxygen atoms in total. The van der Waals surface area contributed by atoms with E-state index in [1.54, 1.807) is 6.26 Å². The van der Waals surface area contributed by atoms with Crippen LogP contribution in [0.25, 0.3) is 28.2 Å². The average Bonchev–Trinajstić information content (AvgIpc) is 3.44. The number of fused-ring (bicyclic) bond motifs is 5. The van der Waals surface area contributed by atoms with Gasteiger partial charge in [0.25, 0.3) is 5.91 Å². The Morgan fingerprint density at radius 2 is 1.78 bits per heavy atom. The fourth-order valence-electron chi connectivity index (χ4n) is 6.56. The Hall–Kier alpha value is -3.32. The highest BCUT2D eigenvalue weighted by molar-refractivity contribution is 6.03. The van der Waals surface area contributed by atoms with Gasteiger partial charge in [-0.3, -0.25) is 4.79 Å². The van der Waals surface area contributed by atoms with Crippen LogP contribution in [0.1, 0.15) is 73.6 Å². The van der Waals surface area contributed by atoms with Crippen molar-refractivity contribution < 1.29 is 23.5 Å². The highest BCUT2D eigenvalue weighted by atomic mass is 16.5. The molecule has 1 saturated carbocycles. The normalized spacial score (nSPS) is 22.2. The standard InChI is InChI=1S/C30H34N2O5/c1-18-15-31(16-19(2)37-18)29(33)22-14-26-24(11-12-36-26)28-27(20-7-5-4-6-8-20)23-10-9-21(30(34)35-3)13-25(23)32(28)17-22/h9-14,18-20H,4-8,15-17H2,1-3H3/t18-,19+. The Labute approximate surface area is 217 Å². The predicted octanol–water partition coefficient (Wildman–Crippen LogP) is 5.77. The molecule has 3 aliphatic rings. The molecular weight excluding hydrogens is 468 g/mol. The second-order valence-corrected chi connectivity index (χ2v) is 10.7. The number of benzene rings is 1. The van der Waals surface area contributed by atoms with E-state index in [-0.39, 0.29) is 24.1 Å². The largest absolute Gasteiger partial charge is 0.465 e. The minimum atomic E-state index is -0.363. The average molecular weight is 503 g/mol. The molecule has 0 N–H and O–H groups in total. The molecular formula is C30H34N2O5. The number of hydrogen-bond donors (Lipinski definition) is 0. The van der Waals surface area contributed by atoms with E-state index in [1.165, 1.54) is 31.9 Å². The molecule has 0 spiro atoms. The van der Waals surface area contributed by atoms with Crippen LogP contribution in [0.15, 0.2) is 40.5 Å². The molecule has 6 rings (SSSR count). The molecule has 1 amide bonds. The third-order valence-electron chi connectivity index (χ3n) is 8.10. The summed E-state index contributed by atoms with van der Waals surface area (Å²) in [6.07, 6.45) is 9.57. The summed E-state index contributed by atoms with van der Waals surface area (Å²) in [7, 11) is 1.40. The molecule has 1 aliphatic carbocycles. The van der Waals surface area contributed by atoms with E-state index in [4.69, 9.17) is 13.9 Å². The van der Waals surface area contributed by atoms with Crippen LogP contribution >= 0.6 is 0 Å². The topological polar surface area (TPSA) is 73.9 Å². The lowest BCUT2D eigenvalue weighted by atomic mass is 9.82. The van der Waals surface area contributed by atoms with Crippen LogP contribution in [0.3, 0.4) is 0 Å². The van der Waals surface area contributed by atoms with Crippen molar-refractivity contribution in [2.75, 3.05) is 20.2 Å². The molecule has 2 aromatic heterocycles. The van der Waals surface area contributed by atoms with E-state index in [0.29, 0.717) is 42.4 Å². The quantitative estimate of drug-likeness (QED) is 0.425. The Balaban J connectivity index is 1.53. The van der Waals surface area contributed by atoms with Crippen molar-refractivity contribution in [3.8, 4) is 11.3 Å². The van der Waals surface area contributed by atoms with Gasteiger partial charge in [-0.25, -0.2) is 4.79 Å². The second-order valence-electron chi connectivity index (χ2n) is 10.7. The van der Waals surface area contributed by atoms with Crippen LogP contribution in [0.2, 0.25) is 0 Å². The molecule has 1 saturated heterocycles. The van der Waals surface area contributed by atoms with Gasteiger partial charge in [-0.15, -0.1) is 0 Å². The molecule has 2 fully saturated rings. The van der Waals surface area contributed by atoms with Crippen molar-refractivity contribution in [2.45, 2.75) is 70.6 Å². The Kier molecular flexibility index (Phi) is 6.19. The van der Waals surface area contributed by atoms with Gasteiger partial charge in [0, 0.05) is 35.1 Å². The van der Waals surface area contributed by atoms with Crippen molar-refractivity contribution in [3.05, 3.63) is 53.0 Å². The number of methoxy groups -OCH3 is 1. The maximum atomic E-state index is 13.9. The van der Waals surface area contributed by atoms with Gasteiger partial charge in [-0.2, -0.15) is 0 Å². The lowest BCUT2D eigenvalue weighted by Gasteiger charge is -2.35. The first-order chi connectivity index (χ1) is 17.9. The number of ether oxygens (including phenoxy) is 2. The van der Waals surface area contributed by atoms with E-state index in [2.05, 4.69) is 10.6 Å². The zero-order chi connectivity index (χ0) is 25.7. The Bertz CT molecular complexity index is 1380. The minimum Gasteiger partial charge on any atom is -0.465 e. The van der Waals surface area contributed by atoms with E-state index in [0.717, 1.165) is 35.0 Å². The first-order valence-electron chi connectivity index (χ1n) is 13.4. The van der Waals surface area contributed by atoms with E-state index >= 15 is 0 Å². The first-order valence-corrected chi connectivity index (χ1v) is 13.4. The van der Waals surface area contributed by atoms with Gasteiger partial charge in [0.1, 0.15) is 5.76 Å². The summed E-state index contributed by atoms with van der Waals surface area (Å²) < 4.78 is 19.1.